The van der Waals surface area contributed by atoms with Crippen LogP contribution in [0.3, 0.4) is 0 Å². The van der Waals surface area contributed by atoms with Gasteiger partial charge in [0.1, 0.15) is 17.6 Å². The summed E-state index contributed by atoms with van der Waals surface area (Å²) in [5.74, 6) is -0.902. The molecule has 9 heteroatoms. The van der Waals surface area contributed by atoms with Crippen LogP contribution >= 0.6 is 11.8 Å². The second-order valence-electron chi connectivity index (χ2n) is 8.49. The molecule has 1 aliphatic heterocycles. The third kappa shape index (κ3) is 4.76. The van der Waals surface area contributed by atoms with Crippen molar-refractivity contribution in [3.63, 3.8) is 0 Å². The Kier molecular flexibility index (Phi) is 5.98. The molecular formula is C20H24F2N2O4S. The molecule has 3 rings (SSSR count). The molecule has 1 fully saturated rings. The third-order valence-electron chi connectivity index (χ3n) is 5.17. The van der Waals surface area contributed by atoms with Crippen molar-refractivity contribution in [3.8, 4) is 0 Å². The van der Waals surface area contributed by atoms with Gasteiger partial charge in [-0.3, -0.25) is 19.9 Å². The number of fused-ring (bicyclic) bond motifs is 1. The first-order chi connectivity index (χ1) is 13.5. The van der Waals surface area contributed by atoms with Crippen LogP contribution in [0.15, 0.2) is 23.2 Å². The molecule has 1 aliphatic carbocycles. The maximum Gasteiger partial charge on any atom is 0.312 e. The van der Waals surface area contributed by atoms with E-state index < -0.39 is 34.0 Å². The van der Waals surface area contributed by atoms with E-state index in [4.69, 9.17) is 9.73 Å². The van der Waals surface area contributed by atoms with Crippen LogP contribution in [0.2, 0.25) is 0 Å². The van der Waals surface area contributed by atoms with Gasteiger partial charge < -0.3 is 4.74 Å². The molecule has 1 heterocycles. The van der Waals surface area contributed by atoms with Crippen LogP contribution in [0.5, 0.6) is 0 Å². The van der Waals surface area contributed by atoms with Gasteiger partial charge in [-0.1, -0.05) is 0 Å². The summed E-state index contributed by atoms with van der Waals surface area (Å²) in [4.78, 5) is 27.6. The standard InChI is InChI=1S/C20H24F2N2O4S/c1-19(2,3)28-18(25)10-17-23-20(7-6-13(21)8-12(20)11-29-17)15-9-14(24(26)27)4-5-16(15)22/h4-5,9,12-13H,6-8,10-11H2,1-3H3/t12-,13-,20-/m0/s1. The number of esters is 1. The average Bonchev–Trinajstić information content (AvgIpc) is 2.60. The van der Waals surface area contributed by atoms with E-state index in [9.17, 15) is 23.7 Å². The lowest BCUT2D eigenvalue weighted by Gasteiger charge is -2.45. The molecule has 0 bridgehead atoms. The molecule has 3 atom stereocenters. The summed E-state index contributed by atoms with van der Waals surface area (Å²) in [6, 6.07) is 3.37. The Labute approximate surface area is 172 Å². The number of hydrogen-bond acceptors (Lipinski definition) is 6. The number of nitro groups is 1. The number of halogens is 2. The molecule has 0 spiro atoms. The van der Waals surface area contributed by atoms with Gasteiger partial charge in [-0.05, 0) is 46.1 Å². The van der Waals surface area contributed by atoms with Crippen molar-refractivity contribution in [1.29, 1.82) is 0 Å². The van der Waals surface area contributed by atoms with Crippen LogP contribution in [0, 0.1) is 21.8 Å². The highest BCUT2D eigenvalue weighted by Gasteiger charge is 2.49. The van der Waals surface area contributed by atoms with Crippen molar-refractivity contribution in [2.75, 3.05) is 5.75 Å². The second-order valence-corrected chi connectivity index (χ2v) is 9.59. The number of aliphatic imine (C=N–C) groups is 1. The predicted octanol–water partition coefficient (Wildman–Crippen LogP) is 4.94. The molecule has 6 nitrogen and oxygen atoms in total. The number of nitrogens with zero attached hydrogens (tertiary/aromatic N) is 2. The Bertz CT molecular complexity index is 855. The first kappa shape index (κ1) is 21.7. The van der Waals surface area contributed by atoms with E-state index in [0.29, 0.717) is 10.8 Å². The van der Waals surface area contributed by atoms with Gasteiger partial charge in [0.2, 0.25) is 0 Å². The number of non-ortho nitro benzene ring substituents is 1. The number of alkyl halides is 1. The molecule has 1 aromatic rings. The van der Waals surface area contributed by atoms with Gasteiger partial charge in [0.15, 0.2) is 0 Å². The minimum absolute atomic E-state index is 0.0635. The van der Waals surface area contributed by atoms with Gasteiger partial charge in [-0.2, -0.15) is 0 Å². The van der Waals surface area contributed by atoms with E-state index in [0.717, 1.165) is 12.1 Å². The summed E-state index contributed by atoms with van der Waals surface area (Å²) >= 11 is 1.34. The fourth-order valence-electron chi connectivity index (χ4n) is 3.97. The van der Waals surface area contributed by atoms with Crippen LogP contribution in [0.1, 0.15) is 52.0 Å². The Morgan fingerprint density at radius 2 is 2.17 bits per heavy atom. The van der Waals surface area contributed by atoms with E-state index in [2.05, 4.69) is 0 Å². The fourth-order valence-corrected chi connectivity index (χ4v) is 5.22. The van der Waals surface area contributed by atoms with E-state index in [-0.39, 0.29) is 42.9 Å². The zero-order chi connectivity index (χ0) is 21.4. The van der Waals surface area contributed by atoms with Crippen molar-refractivity contribution in [2.24, 2.45) is 10.9 Å². The number of benzene rings is 1. The van der Waals surface area contributed by atoms with Crippen LogP contribution in [-0.2, 0) is 15.1 Å². The summed E-state index contributed by atoms with van der Waals surface area (Å²) in [5.41, 5.74) is -1.89. The lowest BCUT2D eigenvalue weighted by molar-refractivity contribution is -0.385. The first-order valence-corrected chi connectivity index (χ1v) is 10.5. The van der Waals surface area contributed by atoms with E-state index in [1.807, 2.05) is 0 Å². The number of nitro benzene ring substituents is 1. The molecule has 0 amide bonds. The molecule has 0 N–H and O–H groups in total. The van der Waals surface area contributed by atoms with Crippen molar-refractivity contribution >= 4 is 28.5 Å². The Hall–Kier alpha value is -2.03. The van der Waals surface area contributed by atoms with Gasteiger partial charge in [-0.15, -0.1) is 11.8 Å². The molecule has 2 aliphatic rings. The summed E-state index contributed by atoms with van der Waals surface area (Å²) < 4.78 is 34.3. The molecule has 29 heavy (non-hydrogen) atoms. The number of thioether (sulfide) groups is 1. The Morgan fingerprint density at radius 3 is 2.83 bits per heavy atom. The summed E-state index contributed by atoms with van der Waals surface area (Å²) in [6.45, 7) is 5.29. The highest BCUT2D eigenvalue weighted by Crippen LogP contribution is 2.51. The third-order valence-corrected chi connectivity index (χ3v) is 6.31. The average molecular weight is 426 g/mol. The quantitative estimate of drug-likeness (QED) is 0.387. The summed E-state index contributed by atoms with van der Waals surface area (Å²) in [6.07, 6.45) is -0.454. The molecule has 0 aromatic heterocycles. The van der Waals surface area contributed by atoms with Crippen molar-refractivity contribution in [2.45, 2.75) is 63.8 Å². The Balaban J connectivity index is 2.02. The van der Waals surface area contributed by atoms with Crippen molar-refractivity contribution in [1.82, 2.24) is 0 Å². The van der Waals surface area contributed by atoms with Gasteiger partial charge in [-0.25, -0.2) is 8.78 Å². The number of carbonyl (C=O) groups excluding carboxylic acids is 1. The zero-order valence-corrected chi connectivity index (χ0v) is 17.4. The zero-order valence-electron chi connectivity index (χ0n) is 16.6. The van der Waals surface area contributed by atoms with Gasteiger partial charge in [0.05, 0.1) is 21.9 Å². The molecule has 1 saturated carbocycles. The van der Waals surface area contributed by atoms with E-state index in [1.54, 1.807) is 20.8 Å². The second kappa shape index (κ2) is 8.01. The molecule has 0 saturated heterocycles. The highest BCUT2D eigenvalue weighted by atomic mass is 32.2. The van der Waals surface area contributed by atoms with Gasteiger partial charge in [0.25, 0.3) is 5.69 Å². The molecule has 0 unspecified atom stereocenters. The Morgan fingerprint density at radius 1 is 1.45 bits per heavy atom. The number of hydrogen-bond donors (Lipinski definition) is 0. The number of rotatable bonds is 4. The van der Waals surface area contributed by atoms with Gasteiger partial charge in [0, 0.05) is 29.4 Å². The minimum atomic E-state index is -1.11. The number of carbonyl (C=O) groups is 1. The normalized spacial score (nSPS) is 27.0. The van der Waals surface area contributed by atoms with Crippen LogP contribution in [0.25, 0.3) is 0 Å². The SMILES string of the molecule is CC(C)(C)OC(=O)CC1=N[C@@]2(c3cc([N+](=O)[O-])ccc3F)CC[C@H](F)C[C@H]2CS1. The maximum absolute atomic E-state index is 14.8. The first-order valence-electron chi connectivity index (χ1n) is 9.52. The molecule has 158 valence electrons. The molecule has 0 radical (unpaired) electrons. The largest absolute Gasteiger partial charge is 0.460 e. The van der Waals surface area contributed by atoms with Gasteiger partial charge >= 0.3 is 5.97 Å². The monoisotopic (exact) mass is 426 g/mol. The summed E-state index contributed by atoms with van der Waals surface area (Å²) in [5, 5.41) is 11.7. The highest BCUT2D eigenvalue weighted by molar-refractivity contribution is 8.14. The minimum Gasteiger partial charge on any atom is -0.460 e. The molecular weight excluding hydrogens is 402 g/mol. The number of ether oxygens (including phenoxy) is 1. The summed E-state index contributed by atoms with van der Waals surface area (Å²) in [7, 11) is 0. The lowest BCUT2D eigenvalue weighted by Crippen LogP contribution is -2.45. The smallest absolute Gasteiger partial charge is 0.312 e. The molecule has 1 aromatic carbocycles. The van der Waals surface area contributed by atoms with Crippen LogP contribution in [-0.4, -0.2) is 33.5 Å². The lowest BCUT2D eigenvalue weighted by atomic mass is 9.69. The van der Waals surface area contributed by atoms with E-state index in [1.165, 1.54) is 17.8 Å². The predicted molar refractivity (Wildman–Crippen MR) is 107 cm³/mol. The van der Waals surface area contributed by atoms with Crippen LogP contribution < -0.4 is 0 Å². The van der Waals surface area contributed by atoms with Crippen molar-refractivity contribution in [3.05, 3.63) is 39.7 Å². The van der Waals surface area contributed by atoms with Crippen LogP contribution in [0.4, 0.5) is 14.5 Å². The topological polar surface area (TPSA) is 81.8 Å². The van der Waals surface area contributed by atoms with Crippen molar-refractivity contribution < 1.29 is 23.2 Å². The van der Waals surface area contributed by atoms with E-state index >= 15 is 0 Å². The maximum atomic E-state index is 14.8. The fraction of sp³-hybridized carbons (Fsp3) is 0.600.